The minimum atomic E-state index is 0.388. The summed E-state index contributed by atoms with van der Waals surface area (Å²) < 4.78 is 0. The Labute approximate surface area is 129 Å². The van der Waals surface area contributed by atoms with E-state index in [0.717, 1.165) is 43.5 Å². The van der Waals surface area contributed by atoms with Crippen molar-refractivity contribution in [2.45, 2.75) is 52.9 Å². The summed E-state index contributed by atoms with van der Waals surface area (Å²) in [6.45, 7) is 14.4. The van der Waals surface area contributed by atoms with Crippen LogP contribution in [0.4, 0.5) is 5.82 Å². The zero-order valence-electron chi connectivity index (χ0n) is 14.1. The Hall–Kier alpha value is -1.16. The van der Waals surface area contributed by atoms with Gasteiger partial charge in [0, 0.05) is 43.9 Å². The molecule has 0 aromatic carbocycles. The van der Waals surface area contributed by atoms with Gasteiger partial charge in [0.1, 0.15) is 11.6 Å². The topological polar surface area (TPSA) is 32.3 Å². The third kappa shape index (κ3) is 4.67. The monoisotopic (exact) mass is 290 g/mol. The molecule has 0 aliphatic carbocycles. The van der Waals surface area contributed by atoms with Gasteiger partial charge in [0.25, 0.3) is 0 Å². The Balaban J connectivity index is 1.93. The molecule has 2 rings (SSSR count). The maximum absolute atomic E-state index is 4.75. The van der Waals surface area contributed by atoms with E-state index in [2.05, 4.69) is 48.5 Å². The second kappa shape index (κ2) is 7.74. The third-order valence-corrected chi connectivity index (χ3v) is 4.15. The second-order valence-electron chi connectivity index (χ2n) is 6.42. The predicted molar refractivity (Wildman–Crippen MR) is 89.0 cm³/mol. The molecule has 1 fully saturated rings. The molecule has 1 aromatic heterocycles. The molecule has 0 unspecified atom stereocenters. The molecule has 0 saturated carbocycles. The van der Waals surface area contributed by atoms with Crippen LogP contribution in [0.5, 0.6) is 0 Å². The lowest BCUT2D eigenvalue weighted by molar-refractivity contribution is 0.252. The van der Waals surface area contributed by atoms with E-state index in [9.17, 15) is 0 Å². The molecule has 1 saturated heterocycles. The Morgan fingerprint density at radius 1 is 1.10 bits per heavy atom. The number of piperazine rings is 1. The van der Waals surface area contributed by atoms with Gasteiger partial charge in [-0.1, -0.05) is 33.6 Å². The summed E-state index contributed by atoms with van der Waals surface area (Å²) in [5.41, 5.74) is 1.08. The van der Waals surface area contributed by atoms with Crippen molar-refractivity contribution in [1.82, 2.24) is 14.9 Å². The number of rotatable bonds is 6. The van der Waals surface area contributed by atoms with Crippen molar-refractivity contribution in [1.29, 1.82) is 0 Å². The maximum atomic E-state index is 4.75. The highest BCUT2D eigenvalue weighted by Gasteiger charge is 2.19. The summed E-state index contributed by atoms with van der Waals surface area (Å²) in [6, 6.07) is 2.12. The van der Waals surface area contributed by atoms with Gasteiger partial charge in [-0.25, -0.2) is 9.97 Å². The average Bonchev–Trinajstić information content (AvgIpc) is 2.47. The lowest BCUT2D eigenvalue weighted by Crippen LogP contribution is -2.47. The van der Waals surface area contributed by atoms with E-state index in [0.29, 0.717) is 5.92 Å². The molecular weight excluding hydrogens is 260 g/mol. The first kappa shape index (κ1) is 16.2. The van der Waals surface area contributed by atoms with Crippen LogP contribution in [0.25, 0.3) is 0 Å². The Morgan fingerprint density at radius 2 is 1.81 bits per heavy atom. The van der Waals surface area contributed by atoms with Gasteiger partial charge < -0.3 is 4.90 Å². The van der Waals surface area contributed by atoms with Crippen molar-refractivity contribution in [2.24, 2.45) is 0 Å². The lowest BCUT2D eigenvalue weighted by Gasteiger charge is -2.35. The van der Waals surface area contributed by atoms with Crippen LogP contribution in [0.3, 0.4) is 0 Å². The van der Waals surface area contributed by atoms with E-state index < -0.39 is 0 Å². The van der Waals surface area contributed by atoms with Crippen molar-refractivity contribution in [3.05, 3.63) is 17.6 Å². The Bertz CT molecular complexity index is 436. The molecule has 0 spiro atoms. The van der Waals surface area contributed by atoms with Crippen molar-refractivity contribution in [3.63, 3.8) is 0 Å². The van der Waals surface area contributed by atoms with Crippen molar-refractivity contribution in [3.8, 4) is 0 Å². The highest BCUT2D eigenvalue weighted by Crippen LogP contribution is 2.18. The van der Waals surface area contributed by atoms with E-state index in [1.54, 1.807) is 0 Å². The number of hydrogen-bond donors (Lipinski definition) is 0. The first-order valence-electron chi connectivity index (χ1n) is 8.43. The maximum Gasteiger partial charge on any atom is 0.133 e. The van der Waals surface area contributed by atoms with E-state index in [1.165, 1.54) is 25.8 Å². The van der Waals surface area contributed by atoms with Gasteiger partial charge >= 0.3 is 0 Å². The molecule has 0 amide bonds. The van der Waals surface area contributed by atoms with Crippen LogP contribution in [-0.2, 0) is 0 Å². The standard InChI is InChI=1S/C17H30N4/c1-5-6-7-8-20-9-11-21(12-10-20)16-13-15(4)18-17(19-16)14(2)3/h13-14H,5-12H2,1-4H3. The van der Waals surface area contributed by atoms with Crippen molar-refractivity contribution >= 4 is 5.82 Å². The highest BCUT2D eigenvalue weighted by molar-refractivity contribution is 5.40. The molecular formula is C17H30N4. The van der Waals surface area contributed by atoms with E-state index >= 15 is 0 Å². The number of aryl methyl sites for hydroxylation is 1. The normalized spacial score (nSPS) is 16.7. The predicted octanol–water partition coefficient (Wildman–Crippen LogP) is 3.22. The molecule has 4 heteroatoms. The molecule has 4 nitrogen and oxygen atoms in total. The number of hydrogen-bond acceptors (Lipinski definition) is 4. The smallest absolute Gasteiger partial charge is 0.133 e. The van der Waals surface area contributed by atoms with Crippen LogP contribution in [0.15, 0.2) is 6.07 Å². The molecule has 21 heavy (non-hydrogen) atoms. The second-order valence-corrected chi connectivity index (χ2v) is 6.42. The summed E-state index contributed by atoms with van der Waals surface area (Å²) in [7, 11) is 0. The molecule has 1 aliphatic rings. The van der Waals surface area contributed by atoms with Gasteiger partial charge in [0.15, 0.2) is 0 Å². The van der Waals surface area contributed by atoms with Gasteiger partial charge in [-0.05, 0) is 19.9 Å². The van der Waals surface area contributed by atoms with Gasteiger partial charge in [-0.3, -0.25) is 4.90 Å². The first-order chi connectivity index (χ1) is 10.1. The number of unbranched alkanes of at least 4 members (excludes halogenated alkanes) is 2. The van der Waals surface area contributed by atoms with Gasteiger partial charge in [-0.2, -0.15) is 0 Å². The van der Waals surface area contributed by atoms with Crippen LogP contribution in [0.2, 0.25) is 0 Å². The quantitative estimate of drug-likeness (QED) is 0.753. The van der Waals surface area contributed by atoms with E-state index in [-0.39, 0.29) is 0 Å². The van der Waals surface area contributed by atoms with Crippen LogP contribution < -0.4 is 4.90 Å². The van der Waals surface area contributed by atoms with Crippen LogP contribution in [0, 0.1) is 6.92 Å². The minimum Gasteiger partial charge on any atom is -0.354 e. The zero-order chi connectivity index (χ0) is 15.2. The molecule has 0 bridgehead atoms. The number of nitrogens with zero attached hydrogens (tertiary/aromatic N) is 4. The fourth-order valence-electron chi connectivity index (χ4n) is 2.78. The molecule has 1 aliphatic heterocycles. The average molecular weight is 290 g/mol. The van der Waals surface area contributed by atoms with Crippen molar-refractivity contribution in [2.75, 3.05) is 37.6 Å². The van der Waals surface area contributed by atoms with Crippen LogP contribution in [-0.4, -0.2) is 47.6 Å². The van der Waals surface area contributed by atoms with E-state index in [1.807, 2.05) is 0 Å². The molecule has 1 aromatic rings. The SMILES string of the molecule is CCCCCN1CCN(c2cc(C)nc(C(C)C)n2)CC1. The Kier molecular flexibility index (Phi) is 5.97. The molecule has 0 N–H and O–H groups in total. The largest absolute Gasteiger partial charge is 0.354 e. The van der Waals surface area contributed by atoms with Crippen LogP contribution >= 0.6 is 0 Å². The summed E-state index contributed by atoms with van der Waals surface area (Å²) >= 11 is 0. The third-order valence-electron chi connectivity index (χ3n) is 4.15. The summed E-state index contributed by atoms with van der Waals surface area (Å²) in [5, 5.41) is 0. The van der Waals surface area contributed by atoms with E-state index in [4.69, 9.17) is 4.98 Å². The fraction of sp³-hybridized carbons (Fsp3) is 0.765. The summed E-state index contributed by atoms with van der Waals surface area (Å²) in [4.78, 5) is 14.3. The summed E-state index contributed by atoms with van der Waals surface area (Å²) in [6.07, 6.45) is 3.99. The number of aromatic nitrogens is 2. The zero-order valence-corrected chi connectivity index (χ0v) is 14.1. The first-order valence-corrected chi connectivity index (χ1v) is 8.43. The fourth-order valence-corrected chi connectivity index (χ4v) is 2.78. The van der Waals surface area contributed by atoms with Crippen molar-refractivity contribution < 1.29 is 0 Å². The van der Waals surface area contributed by atoms with Gasteiger partial charge in [0.05, 0.1) is 0 Å². The van der Waals surface area contributed by atoms with Gasteiger partial charge in [-0.15, -0.1) is 0 Å². The molecule has 0 atom stereocenters. The lowest BCUT2D eigenvalue weighted by atomic mass is 10.2. The minimum absolute atomic E-state index is 0.388. The summed E-state index contributed by atoms with van der Waals surface area (Å²) in [5.74, 6) is 2.47. The highest BCUT2D eigenvalue weighted by atomic mass is 15.3. The molecule has 118 valence electrons. The number of anilines is 1. The molecule has 0 radical (unpaired) electrons. The molecule has 2 heterocycles. The Morgan fingerprint density at radius 3 is 2.43 bits per heavy atom. The van der Waals surface area contributed by atoms with Gasteiger partial charge in [0.2, 0.25) is 0 Å². The van der Waals surface area contributed by atoms with Crippen LogP contribution in [0.1, 0.15) is 57.5 Å².